The highest BCUT2D eigenvalue weighted by Gasteiger charge is 2.11. The van der Waals surface area contributed by atoms with Crippen LogP contribution >= 0.6 is 0 Å². The fourth-order valence-corrected chi connectivity index (χ4v) is 3.37. The summed E-state index contributed by atoms with van der Waals surface area (Å²) >= 11 is 0. The zero-order chi connectivity index (χ0) is 18.8. The number of pyridine rings is 4. The Bertz CT molecular complexity index is 1190. The second kappa shape index (κ2) is 7.00. The van der Waals surface area contributed by atoms with Gasteiger partial charge >= 0.3 is 0 Å². The summed E-state index contributed by atoms with van der Waals surface area (Å²) < 4.78 is 0. The first-order valence-electron chi connectivity index (χ1n) is 9.04. The normalized spacial score (nSPS) is 10.9. The van der Waals surface area contributed by atoms with E-state index in [1.54, 1.807) is 24.8 Å². The summed E-state index contributed by atoms with van der Waals surface area (Å²) in [4.78, 5) is 17.6. The monoisotopic (exact) mass is 360 g/mol. The molecule has 0 unspecified atom stereocenters. The van der Waals surface area contributed by atoms with Crippen LogP contribution < -0.4 is 0 Å². The topological polar surface area (TPSA) is 51.6 Å². The lowest BCUT2D eigenvalue weighted by molar-refractivity contribution is 1.27. The van der Waals surface area contributed by atoms with E-state index in [9.17, 15) is 0 Å². The number of hydrogen-bond acceptors (Lipinski definition) is 4. The third-order valence-electron chi connectivity index (χ3n) is 4.76. The molecule has 132 valence electrons. The quantitative estimate of drug-likeness (QED) is 0.431. The SMILES string of the molecule is c1ccc2c(-c3cc(-c4ccncc4)nc(-c4ccncc4)c3)cncc2c1. The van der Waals surface area contributed by atoms with Crippen molar-refractivity contribution >= 4 is 10.8 Å². The van der Waals surface area contributed by atoms with Crippen LogP contribution in [0.3, 0.4) is 0 Å². The first-order chi connectivity index (χ1) is 13.9. The van der Waals surface area contributed by atoms with E-state index in [0.717, 1.165) is 39.0 Å². The molecule has 0 amide bonds. The molecule has 0 saturated heterocycles. The minimum absolute atomic E-state index is 0.902. The largest absolute Gasteiger partial charge is 0.265 e. The number of aromatic nitrogens is 4. The highest BCUT2D eigenvalue weighted by molar-refractivity contribution is 5.96. The van der Waals surface area contributed by atoms with Gasteiger partial charge < -0.3 is 0 Å². The van der Waals surface area contributed by atoms with E-state index in [2.05, 4.69) is 45.3 Å². The van der Waals surface area contributed by atoms with Gasteiger partial charge in [0.25, 0.3) is 0 Å². The van der Waals surface area contributed by atoms with Crippen LogP contribution in [0.25, 0.3) is 44.4 Å². The summed E-state index contributed by atoms with van der Waals surface area (Å²) in [6.45, 7) is 0. The fraction of sp³-hybridized carbons (Fsp3) is 0. The molecular formula is C24H16N4. The second-order valence-corrected chi connectivity index (χ2v) is 6.51. The molecule has 4 aromatic heterocycles. The average molecular weight is 360 g/mol. The highest BCUT2D eigenvalue weighted by atomic mass is 14.7. The van der Waals surface area contributed by atoms with E-state index in [1.165, 1.54) is 5.39 Å². The zero-order valence-electron chi connectivity index (χ0n) is 15.0. The molecule has 0 saturated carbocycles. The Morgan fingerprint density at radius 3 is 1.79 bits per heavy atom. The summed E-state index contributed by atoms with van der Waals surface area (Å²) in [7, 11) is 0. The van der Waals surface area contributed by atoms with Crippen LogP contribution in [0.2, 0.25) is 0 Å². The molecule has 0 aliphatic heterocycles. The van der Waals surface area contributed by atoms with Gasteiger partial charge in [-0.25, -0.2) is 4.98 Å². The van der Waals surface area contributed by atoms with E-state index >= 15 is 0 Å². The maximum Gasteiger partial charge on any atom is 0.0716 e. The van der Waals surface area contributed by atoms with Gasteiger partial charge in [-0.15, -0.1) is 0 Å². The van der Waals surface area contributed by atoms with Crippen LogP contribution in [-0.2, 0) is 0 Å². The minimum atomic E-state index is 0.902. The fourth-order valence-electron chi connectivity index (χ4n) is 3.37. The molecule has 5 aromatic rings. The van der Waals surface area contributed by atoms with E-state index < -0.39 is 0 Å². The molecule has 1 aromatic carbocycles. The van der Waals surface area contributed by atoms with Gasteiger partial charge in [-0.1, -0.05) is 24.3 Å². The lowest BCUT2D eigenvalue weighted by Gasteiger charge is -2.11. The van der Waals surface area contributed by atoms with Gasteiger partial charge in [0.15, 0.2) is 0 Å². The predicted molar refractivity (Wildman–Crippen MR) is 111 cm³/mol. The first kappa shape index (κ1) is 16.3. The molecule has 0 atom stereocenters. The van der Waals surface area contributed by atoms with Gasteiger partial charge in [-0.2, -0.15) is 0 Å². The Balaban J connectivity index is 1.78. The van der Waals surface area contributed by atoms with E-state index in [1.807, 2.05) is 42.7 Å². The van der Waals surface area contributed by atoms with Crippen LogP contribution in [0.4, 0.5) is 0 Å². The molecule has 5 rings (SSSR count). The first-order valence-corrected chi connectivity index (χ1v) is 9.04. The number of fused-ring (bicyclic) bond motifs is 1. The summed E-state index contributed by atoms with van der Waals surface area (Å²) in [6, 6.07) is 20.4. The average Bonchev–Trinajstić information content (AvgIpc) is 2.79. The zero-order valence-corrected chi connectivity index (χ0v) is 15.0. The summed E-state index contributed by atoms with van der Waals surface area (Å²) in [6.07, 6.45) is 11.0. The Morgan fingerprint density at radius 2 is 1.14 bits per heavy atom. The second-order valence-electron chi connectivity index (χ2n) is 6.51. The lowest BCUT2D eigenvalue weighted by Crippen LogP contribution is -1.92. The number of rotatable bonds is 3. The third-order valence-corrected chi connectivity index (χ3v) is 4.76. The molecule has 4 heterocycles. The van der Waals surface area contributed by atoms with Gasteiger partial charge in [0.05, 0.1) is 11.4 Å². The van der Waals surface area contributed by atoms with E-state index in [0.29, 0.717) is 0 Å². The number of hydrogen-bond donors (Lipinski definition) is 0. The van der Waals surface area contributed by atoms with Crippen molar-refractivity contribution in [2.75, 3.05) is 0 Å². The molecule has 0 N–H and O–H groups in total. The molecule has 0 fully saturated rings. The Morgan fingerprint density at radius 1 is 0.536 bits per heavy atom. The Labute approximate surface area is 162 Å². The molecule has 0 aliphatic rings. The van der Waals surface area contributed by atoms with E-state index in [-0.39, 0.29) is 0 Å². The van der Waals surface area contributed by atoms with Crippen molar-refractivity contribution in [2.24, 2.45) is 0 Å². The van der Waals surface area contributed by atoms with Crippen molar-refractivity contribution in [3.63, 3.8) is 0 Å². The van der Waals surface area contributed by atoms with Crippen LogP contribution in [0.15, 0.2) is 97.8 Å². The molecule has 0 spiro atoms. The van der Waals surface area contributed by atoms with Gasteiger partial charge in [-0.05, 0) is 47.3 Å². The maximum absolute atomic E-state index is 4.90. The summed E-state index contributed by atoms with van der Waals surface area (Å²) in [5, 5.41) is 2.29. The van der Waals surface area contributed by atoms with Crippen molar-refractivity contribution in [2.45, 2.75) is 0 Å². The van der Waals surface area contributed by atoms with Crippen LogP contribution in [0.5, 0.6) is 0 Å². The third kappa shape index (κ3) is 3.01. The number of benzene rings is 1. The van der Waals surface area contributed by atoms with Gasteiger partial charge in [0.2, 0.25) is 0 Å². The maximum atomic E-state index is 4.90. The molecule has 4 nitrogen and oxygen atoms in total. The van der Waals surface area contributed by atoms with Crippen LogP contribution in [0.1, 0.15) is 0 Å². The molecule has 0 bridgehead atoms. The van der Waals surface area contributed by atoms with Crippen molar-refractivity contribution in [3.05, 3.63) is 97.8 Å². The van der Waals surface area contributed by atoms with Crippen molar-refractivity contribution in [1.82, 2.24) is 19.9 Å². The minimum Gasteiger partial charge on any atom is -0.265 e. The molecule has 28 heavy (non-hydrogen) atoms. The smallest absolute Gasteiger partial charge is 0.0716 e. The summed E-state index contributed by atoms with van der Waals surface area (Å²) in [5.74, 6) is 0. The van der Waals surface area contributed by atoms with Crippen LogP contribution in [-0.4, -0.2) is 19.9 Å². The highest BCUT2D eigenvalue weighted by Crippen LogP contribution is 2.33. The lowest BCUT2D eigenvalue weighted by atomic mass is 9.98. The molecule has 4 heteroatoms. The molecule has 0 aliphatic carbocycles. The predicted octanol–water partition coefficient (Wildman–Crippen LogP) is 5.42. The Hall–Kier alpha value is -3.92. The molecule has 0 radical (unpaired) electrons. The van der Waals surface area contributed by atoms with Crippen molar-refractivity contribution in [1.29, 1.82) is 0 Å². The molecular weight excluding hydrogens is 344 g/mol. The van der Waals surface area contributed by atoms with Gasteiger partial charge in [-0.3, -0.25) is 15.0 Å². The Kier molecular flexibility index (Phi) is 4.07. The number of nitrogens with zero attached hydrogens (tertiary/aromatic N) is 4. The van der Waals surface area contributed by atoms with Gasteiger partial charge in [0.1, 0.15) is 0 Å². The standard InChI is InChI=1S/C24H16N4/c1-2-4-21-19(3-1)15-27-16-22(21)20-13-23(17-5-9-25-10-6-17)28-24(14-20)18-7-11-26-12-8-18/h1-16H. The summed E-state index contributed by atoms with van der Waals surface area (Å²) in [5.41, 5.74) is 6.03. The van der Waals surface area contributed by atoms with Gasteiger partial charge in [0, 0.05) is 59.3 Å². The van der Waals surface area contributed by atoms with Crippen molar-refractivity contribution in [3.8, 4) is 33.6 Å². The van der Waals surface area contributed by atoms with Crippen LogP contribution in [0, 0.1) is 0 Å². The van der Waals surface area contributed by atoms with E-state index in [4.69, 9.17) is 4.98 Å². The van der Waals surface area contributed by atoms with Crippen molar-refractivity contribution < 1.29 is 0 Å².